The summed E-state index contributed by atoms with van der Waals surface area (Å²) in [5.74, 6) is -0.832. The van der Waals surface area contributed by atoms with E-state index < -0.39 is 26.5 Å². The minimum Gasteiger partial charge on any atom is -0.462 e. The largest absolute Gasteiger partial charge is 0.472 e. The molecule has 2 atom stereocenters. The van der Waals surface area contributed by atoms with E-state index in [4.69, 9.17) is 24.3 Å². The van der Waals surface area contributed by atoms with Gasteiger partial charge in [0.05, 0.1) is 13.2 Å². The summed E-state index contributed by atoms with van der Waals surface area (Å²) in [6.07, 6.45) is 59.7. The van der Waals surface area contributed by atoms with Gasteiger partial charge in [0.2, 0.25) is 0 Å². The lowest BCUT2D eigenvalue weighted by molar-refractivity contribution is -0.161. The molecule has 0 heterocycles. The maximum atomic E-state index is 12.6. The van der Waals surface area contributed by atoms with Gasteiger partial charge in [-0.15, -0.1) is 0 Å². The Morgan fingerprint density at radius 2 is 0.831 bits per heavy atom. The topological polar surface area (TPSA) is 134 Å². The number of allylic oxidation sites excluding steroid dienone is 4. The number of phosphoric ester groups is 1. The van der Waals surface area contributed by atoms with E-state index in [0.29, 0.717) is 6.42 Å². The lowest BCUT2D eigenvalue weighted by atomic mass is 10.0. The molecule has 0 aliphatic heterocycles. The summed E-state index contributed by atoms with van der Waals surface area (Å²) in [6, 6.07) is 0. The summed E-state index contributed by atoms with van der Waals surface area (Å²) >= 11 is 0. The summed E-state index contributed by atoms with van der Waals surface area (Å²) in [7, 11) is -4.38. The number of carbonyl (C=O) groups excluding carboxylic acids is 2. The summed E-state index contributed by atoms with van der Waals surface area (Å²) in [6.45, 7) is 3.70. The molecular formula is C55H106NO8P. The Morgan fingerprint density at radius 1 is 0.462 bits per heavy atom. The van der Waals surface area contributed by atoms with Gasteiger partial charge in [0.1, 0.15) is 6.61 Å². The Balaban J connectivity index is 3.81. The van der Waals surface area contributed by atoms with Crippen molar-refractivity contribution in [2.45, 2.75) is 290 Å². The lowest BCUT2D eigenvalue weighted by Gasteiger charge is -2.19. The minimum absolute atomic E-state index is 0.0527. The summed E-state index contributed by atoms with van der Waals surface area (Å²) in [5, 5.41) is 0. The molecule has 9 nitrogen and oxygen atoms in total. The van der Waals surface area contributed by atoms with E-state index in [1.807, 2.05) is 0 Å². The number of carbonyl (C=O) groups is 2. The van der Waals surface area contributed by atoms with Gasteiger partial charge in [0.25, 0.3) is 0 Å². The number of phosphoric acid groups is 1. The third-order valence-electron chi connectivity index (χ3n) is 12.3. The maximum Gasteiger partial charge on any atom is 0.472 e. The molecule has 0 rings (SSSR count). The van der Waals surface area contributed by atoms with Gasteiger partial charge in [-0.25, -0.2) is 4.57 Å². The fourth-order valence-corrected chi connectivity index (χ4v) is 8.97. The molecule has 0 aromatic rings. The predicted molar refractivity (Wildman–Crippen MR) is 275 cm³/mol. The molecule has 0 saturated heterocycles. The molecule has 0 aliphatic rings. The molecule has 65 heavy (non-hydrogen) atoms. The molecule has 0 radical (unpaired) electrons. The predicted octanol–water partition coefficient (Wildman–Crippen LogP) is 17.1. The smallest absolute Gasteiger partial charge is 0.462 e. The highest BCUT2D eigenvalue weighted by molar-refractivity contribution is 7.47. The molecule has 10 heteroatoms. The van der Waals surface area contributed by atoms with Gasteiger partial charge < -0.3 is 20.1 Å². The van der Waals surface area contributed by atoms with E-state index >= 15 is 0 Å². The first kappa shape index (κ1) is 63.5. The quantitative estimate of drug-likeness (QED) is 0.0264. The Bertz CT molecular complexity index is 1120. The monoisotopic (exact) mass is 940 g/mol. The van der Waals surface area contributed by atoms with Crippen molar-refractivity contribution in [3.63, 3.8) is 0 Å². The normalized spacial score (nSPS) is 13.2. The number of ether oxygens (including phenoxy) is 2. The van der Waals surface area contributed by atoms with Crippen molar-refractivity contribution in [3.05, 3.63) is 24.3 Å². The number of hydrogen-bond donors (Lipinski definition) is 2. The van der Waals surface area contributed by atoms with Crippen LogP contribution < -0.4 is 5.73 Å². The van der Waals surface area contributed by atoms with Gasteiger partial charge in [-0.3, -0.25) is 18.6 Å². The highest BCUT2D eigenvalue weighted by Gasteiger charge is 2.26. The number of esters is 2. The summed E-state index contributed by atoms with van der Waals surface area (Å²) in [5.41, 5.74) is 5.36. The van der Waals surface area contributed by atoms with E-state index in [-0.39, 0.29) is 38.6 Å². The standard InChI is InChI=1S/C55H106NO8P/c1-3-5-7-9-11-13-15-17-18-19-20-21-22-23-24-25-26-27-28-29-30-31-32-33-34-36-37-39-41-43-45-47-54(57)61-51-53(52-63-65(59,60)62-50-49-56)64-55(58)48-46-44-42-40-38-35-16-14-12-10-8-6-4-2/h8,10,14,16,53H,3-7,9,11-13,15,17-52,56H2,1-2H3,(H,59,60)/b10-8-,16-14-. The Kier molecular flexibility index (Phi) is 50.7. The van der Waals surface area contributed by atoms with Crippen LogP contribution in [0.15, 0.2) is 24.3 Å². The van der Waals surface area contributed by atoms with E-state index in [0.717, 1.165) is 64.2 Å². The van der Waals surface area contributed by atoms with Crippen LogP contribution in [0.25, 0.3) is 0 Å². The minimum atomic E-state index is -4.38. The van der Waals surface area contributed by atoms with Gasteiger partial charge in [-0.05, 0) is 38.5 Å². The van der Waals surface area contributed by atoms with Crippen LogP contribution in [0.5, 0.6) is 0 Å². The highest BCUT2D eigenvalue weighted by Crippen LogP contribution is 2.43. The molecule has 2 unspecified atom stereocenters. The van der Waals surface area contributed by atoms with E-state index in [2.05, 4.69) is 38.2 Å². The molecule has 3 N–H and O–H groups in total. The molecule has 0 fully saturated rings. The van der Waals surface area contributed by atoms with Gasteiger partial charge in [-0.2, -0.15) is 0 Å². The average Bonchev–Trinajstić information content (AvgIpc) is 3.30. The van der Waals surface area contributed by atoms with Gasteiger partial charge in [0, 0.05) is 19.4 Å². The zero-order valence-electron chi connectivity index (χ0n) is 42.7. The highest BCUT2D eigenvalue weighted by atomic mass is 31.2. The van der Waals surface area contributed by atoms with Crippen molar-refractivity contribution in [1.82, 2.24) is 0 Å². The SMILES string of the molecule is CCC/C=C\C/C=C\CCCCCCCC(=O)OC(COC(=O)CCCCCCCCCCCCCCCCCCCCCCCCCCCCCCCCC)COP(=O)(O)OCCN. The molecule has 0 spiro atoms. The van der Waals surface area contributed by atoms with Gasteiger partial charge >= 0.3 is 19.8 Å². The molecule has 0 bridgehead atoms. The van der Waals surface area contributed by atoms with Crippen LogP contribution in [0.3, 0.4) is 0 Å². The van der Waals surface area contributed by atoms with Crippen molar-refractivity contribution in [1.29, 1.82) is 0 Å². The van der Waals surface area contributed by atoms with Crippen molar-refractivity contribution in [2.75, 3.05) is 26.4 Å². The average molecular weight is 940 g/mol. The number of hydrogen-bond acceptors (Lipinski definition) is 8. The van der Waals surface area contributed by atoms with Gasteiger partial charge in [0.15, 0.2) is 6.10 Å². The molecule has 0 aromatic carbocycles. The van der Waals surface area contributed by atoms with Crippen molar-refractivity contribution < 1.29 is 37.6 Å². The molecule has 0 aliphatic carbocycles. The first-order chi connectivity index (χ1) is 31.8. The second-order valence-corrected chi connectivity index (χ2v) is 20.3. The number of nitrogens with two attached hydrogens (primary N) is 1. The van der Waals surface area contributed by atoms with Crippen LogP contribution in [0.1, 0.15) is 284 Å². The van der Waals surface area contributed by atoms with Crippen LogP contribution in [0, 0.1) is 0 Å². The first-order valence-electron chi connectivity index (χ1n) is 27.8. The first-order valence-corrected chi connectivity index (χ1v) is 29.3. The van der Waals surface area contributed by atoms with Crippen molar-refractivity contribution in [3.8, 4) is 0 Å². The van der Waals surface area contributed by atoms with E-state index in [1.54, 1.807) is 0 Å². The summed E-state index contributed by atoms with van der Waals surface area (Å²) in [4.78, 5) is 35.0. The van der Waals surface area contributed by atoms with Crippen LogP contribution >= 0.6 is 7.82 Å². The number of unbranched alkanes of at least 4 members (excludes halogenated alkanes) is 36. The maximum absolute atomic E-state index is 12.6. The third kappa shape index (κ3) is 51.7. The third-order valence-corrected chi connectivity index (χ3v) is 13.3. The van der Waals surface area contributed by atoms with Crippen LogP contribution in [-0.4, -0.2) is 49.3 Å². The lowest BCUT2D eigenvalue weighted by Crippen LogP contribution is -2.29. The molecule has 0 amide bonds. The summed E-state index contributed by atoms with van der Waals surface area (Å²) < 4.78 is 32.9. The van der Waals surface area contributed by atoms with Gasteiger partial charge in [-0.1, -0.05) is 256 Å². The zero-order chi connectivity index (χ0) is 47.4. The zero-order valence-corrected chi connectivity index (χ0v) is 43.6. The van der Waals surface area contributed by atoms with E-state index in [1.165, 1.54) is 186 Å². The Hall–Kier alpha value is -1.51. The Labute approximate surface area is 402 Å². The fourth-order valence-electron chi connectivity index (χ4n) is 8.21. The second kappa shape index (κ2) is 51.9. The molecule has 0 aromatic heterocycles. The van der Waals surface area contributed by atoms with Crippen LogP contribution in [-0.2, 0) is 32.7 Å². The molecular weight excluding hydrogens is 834 g/mol. The number of rotatable bonds is 53. The van der Waals surface area contributed by atoms with Crippen molar-refractivity contribution >= 4 is 19.8 Å². The second-order valence-electron chi connectivity index (χ2n) is 18.8. The fraction of sp³-hybridized carbons (Fsp3) is 0.891. The van der Waals surface area contributed by atoms with Crippen LogP contribution in [0.4, 0.5) is 0 Å². The molecule has 0 saturated carbocycles. The van der Waals surface area contributed by atoms with E-state index in [9.17, 15) is 19.0 Å². The van der Waals surface area contributed by atoms with Crippen molar-refractivity contribution in [2.24, 2.45) is 5.73 Å². The Morgan fingerprint density at radius 3 is 1.23 bits per heavy atom. The van der Waals surface area contributed by atoms with Crippen LogP contribution in [0.2, 0.25) is 0 Å². The molecule has 384 valence electrons.